The molecule has 2 aliphatic carbocycles. The molecular formula is C22H34N2O3. The predicted molar refractivity (Wildman–Crippen MR) is 107 cm³/mol. The molecule has 1 N–H and O–H groups in total. The number of hydrogen-bond acceptors (Lipinski definition) is 5. The summed E-state index contributed by atoms with van der Waals surface area (Å²) in [6.45, 7) is 5.86. The predicted octanol–water partition coefficient (Wildman–Crippen LogP) is 2.63. The van der Waals surface area contributed by atoms with Gasteiger partial charge in [-0.15, -0.1) is 0 Å². The molecule has 3 aliphatic rings. The monoisotopic (exact) mass is 374 g/mol. The number of rotatable bonds is 8. The first kappa shape index (κ1) is 19.0. The van der Waals surface area contributed by atoms with Gasteiger partial charge in [0.1, 0.15) is 5.75 Å². The fourth-order valence-corrected chi connectivity index (χ4v) is 5.35. The van der Waals surface area contributed by atoms with Crippen LogP contribution in [0.2, 0.25) is 0 Å². The summed E-state index contributed by atoms with van der Waals surface area (Å²) >= 11 is 0. The normalized spacial score (nSPS) is 29.3. The Morgan fingerprint density at radius 3 is 2.63 bits per heavy atom. The van der Waals surface area contributed by atoms with Crippen LogP contribution in [0.15, 0.2) is 24.3 Å². The van der Waals surface area contributed by atoms with E-state index >= 15 is 0 Å². The largest absolute Gasteiger partial charge is 0.495 e. The van der Waals surface area contributed by atoms with Gasteiger partial charge in [-0.1, -0.05) is 18.6 Å². The molecule has 1 aromatic rings. The zero-order valence-electron chi connectivity index (χ0n) is 16.6. The molecule has 5 nitrogen and oxygen atoms in total. The number of aliphatic hydroxyl groups excluding tert-OH is 1. The zero-order valence-corrected chi connectivity index (χ0v) is 16.6. The van der Waals surface area contributed by atoms with E-state index in [2.05, 4.69) is 21.9 Å². The van der Waals surface area contributed by atoms with Crippen LogP contribution in [0.5, 0.6) is 5.75 Å². The van der Waals surface area contributed by atoms with Crippen molar-refractivity contribution in [3.63, 3.8) is 0 Å². The van der Waals surface area contributed by atoms with Gasteiger partial charge in [-0.2, -0.15) is 0 Å². The van der Waals surface area contributed by atoms with E-state index in [0.717, 1.165) is 62.0 Å². The van der Waals surface area contributed by atoms with Crippen LogP contribution < -0.4 is 9.64 Å². The summed E-state index contributed by atoms with van der Waals surface area (Å²) < 4.78 is 11.4. The number of methoxy groups -OCH3 is 1. The third kappa shape index (κ3) is 4.58. The average molecular weight is 375 g/mol. The van der Waals surface area contributed by atoms with Gasteiger partial charge in [0.25, 0.3) is 0 Å². The second-order valence-electron chi connectivity index (χ2n) is 8.59. The van der Waals surface area contributed by atoms with Crippen LogP contribution in [0, 0.1) is 17.8 Å². The van der Waals surface area contributed by atoms with Crippen molar-refractivity contribution in [1.82, 2.24) is 4.90 Å². The molecule has 4 atom stereocenters. The van der Waals surface area contributed by atoms with Gasteiger partial charge in [-0.25, -0.2) is 0 Å². The third-order valence-corrected chi connectivity index (χ3v) is 6.79. The number of benzene rings is 1. The quantitative estimate of drug-likeness (QED) is 0.758. The molecule has 1 heterocycles. The average Bonchev–Trinajstić information content (AvgIpc) is 3.32. The van der Waals surface area contributed by atoms with E-state index in [9.17, 15) is 5.11 Å². The summed E-state index contributed by atoms with van der Waals surface area (Å²) in [6, 6.07) is 8.19. The van der Waals surface area contributed by atoms with Gasteiger partial charge in [0.05, 0.1) is 25.5 Å². The number of β-amino-alcohol motifs (C(OH)–C–C–N with tert-alkyl or cyclic N) is 1. The number of para-hydroxylation sites is 2. The van der Waals surface area contributed by atoms with E-state index < -0.39 is 0 Å². The molecule has 0 amide bonds. The van der Waals surface area contributed by atoms with E-state index in [-0.39, 0.29) is 6.10 Å². The van der Waals surface area contributed by atoms with Crippen molar-refractivity contribution in [3.05, 3.63) is 24.3 Å². The Morgan fingerprint density at radius 2 is 1.93 bits per heavy atom. The summed E-state index contributed by atoms with van der Waals surface area (Å²) in [5, 5.41) is 10.4. The molecular weight excluding hydrogens is 340 g/mol. The van der Waals surface area contributed by atoms with Gasteiger partial charge in [-0.05, 0) is 49.1 Å². The highest BCUT2D eigenvalue weighted by Gasteiger charge is 2.39. The molecule has 0 radical (unpaired) electrons. The summed E-state index contributed by atoms with van der Waals surface area (Å²) in [5.74, 6) is 3.55. The van der Waals surface area contributed by atoms with Crippen LogP contribution in [0.25, 0.3) is 0 Å². The molecule has 27 heavy (non-hydrogen) atoms. The lowest BCUT2D eigenvalue weighted by Gasteiger charge is -2.37. The zero-order chi connectivity index (χ0) is 18.6. The van der Waals surface area contributed by atoms with E-state index in [0.29, 0.717) is 13.2 Å². The molecule has 1 aromatic carbocycles. The van der Waals surface area contributed by atoms with Crippen LogP contribution in [0.1, 0.15) is 25.7 Å². The fourth-order valence-electron chi connectivity index (χ4n) is 5.35. The number of nitrogens with zero attached hydrogens (tertiary/aromatic N) is 2. The van der Waals surface area contributed by atoms with Crippen molar-refractivity contribution >= 4 is 5.69 Å². The second-order valence-corrected chi connectivity index (χ2v) is 8.59. The third-order valence-electron chi connectivity index (χ3n) is 6.79. The van der Waals surface area contributed by atoms with E-state index in [1.54, 1.807) is 7.11 Å². The van der Waals surface area contributed by atoms with Crippen LogP contribution in [-0.4, -0.2) is 69.2 Å². The number of fused-ring (bicyclic) bond motifs is 2. The number of anilines is 1. The first-order chi connectivity index (χ1) is 13.2. The highest BCUT2D eigenvalue weighted by atomic mass is 16.5. The maximum atomic E-state index is 10.4. The van der Waals surface area contributed by atoms with Crippen LogP contribution in [0.3, 0.4) is 0 Å². The summed E-state index contributed by atoms with van der Waals surface area (Å²) in [6.07, 6.45) is 5.22. The Morgan fingerprint density at radius 1 is 1.11 bits per heavy atom. The van der Waals surface area contributed by atoms with Gasteiger partial charge in [0, 0.05) is 39.3 Å². The van der Waals surface area contributed by atoms with Gasteiger partial charge < -0.3 is 19.5 Å². The first-order valence-corrected chi connectivity index (χ1v) is 10.6. The van der Waals surface area contributed by atoms with E-state index in [1.165, 1.54) is 25.7 Å². The molecule has 2 bridgehead atoms. The summed E-state index contributed by atoms with van der Waals surface area (Å²) in [5.41, 5.74) is 1.16. The lowest BCUT2D eigenvalue weighted by Crippen LogP contribution is -2.49. The maximum Gasteiger partial charge on any atom is 0.142 e. The minimum Gasteiger partial charge on any atom is -0.495 e. The van der Waals surface area contributed by atoms with Crippen molar-refractivity contribution in [1.29, 1.82) is 0 Å². The molecule has 3 fully saturated rings. The minimum atomic E-state index is -0.388. The van der Waals surface area contributed by atoms with Gasteiger partial charge in [0.15, 0.2) is 0 Å². The highest BCUT2D eigenvalue weighted by molar-refractivity contribution is 5.58. The number of aliphatic hydroxyl groups is 1. The molecule has 1 aliphatic heterocycles. The van der Waals surface area contributed by atoms with Gasteiger partial charge in [0.2, 0.25) is 0 Å². The molecule has 1 saturated heterocycles. The Bertz CT molecular complexity index is 603. The number of piperazine rings is 1. The number of ether oxygens (including phenoxy) is 2. The molecule has 0 aromatic heterocycles. The molecule has 2 saturated carbocycles. The number of hydrogen-bond donors (Lipinski definition) is 1. The Kier molecular flexibility index (Phi) is 6.21. The molecule has 0 unspecified atom stereocenters. The van der Waals surface area contributed by atoms with E-state index in [4.69, 9.17) is 9.47 Å². The van der Waals surface area contributed by atoms with Crippen LogP contribution >= 0.6 is 0 Å². The molecule has 150 valence electrons. The SMILES string of the molecule is COc1ccccc1N1CCN(C[C@@H](O)COC[C@H]2C[C@@H]3CC[C@@H]2C3)CC1. The van der Waals surface area contributed by atoms with E-state index in [1.807, 2.05) is 12.1 Å². The van der Waals surface area contributed by atoms with Crippen molar-refractivity contribution in [2.24, 2.45) is 17.8 Å². The fraction of sp³-hybridized carbons (Fsp3) is 0.727. The smallest absolute Gasteiger partial charge is 0.142 e. The highest BCUT2D eigenvalue weighted by Crippen LogP contribution is 2.48. The first-order valence-electron chi connectivity index (χ1n) is 10.6. The Labute approximate surface area is 163 Å². The Balaban J connectivity index is 1.15. The maximum absolute atomic E-state index is 10.4. The summed E-state index contributed by atoms with van der Waals surface area (Å²) in [7, 11) is 1.72. The molecule has 5 heteroatoms. The standard InChI is InChI=1S/C22H34N2O3/c1-26-22-5-3-2-4-21(22)24-10-8-23(9-11-24)14-20(25)16-27-15-19-13-17-6-7-18(19)12-17/h2-5,17-20,25H,6-16H2,1H3/t17-,18-,19-,20-/m1/s1. The lowest BCUT2D eigenvalue weighted by molar-refractivity contribution is -0.00274. The minimum absolute atomic E-state index is 0.388. The molecule has 4 rings (SSSR count). The second kappa shape index (κ2) is 8.80. The van der Waals surface area contributed by atoms with Crippen LogP contribution in [0.4, 0.5) is 5.69 Å². The van der Waals surface area contributed by atoms with Crippen molar-refractivity contribution in [3.8, 4) is 5.75 Å². The van der Waals surface area contributed by atoms with Crippen molar-refractivity contribution < 1.29 is 14.6 Å². The summed E-state index contributed by atoms with van der Waals surface area (Å²) in [4.78, 5) is 4.71. The van der Waals surface area contributed by atoms with Gasteiger partial charge >= 0.3 is 0 Å². The van der Waals surface area contributed by atoms with Crippen molar-refractivity contribution in [2.45, 2.75) is 31.8 Å². The lowest BCUT2D eigenvalue weighted by atomic mass is 9.90. The Hall–Kier alpha value is -1.30. The van der Waals surface area contributed by atoms with Crippen molar-refractivity contribution in [2.75, 3.05) is 57.9 Å². The topological polar surface area (TPSA) is 45.2 Å². The van der Waals surface area contributed by atoms with Gasteiger partial charge in [-0.3, -0.25) is 4.90 Å². The van der Waals surface area contributed by atoms with Crippen LogP contribution in [-0.2, 0) is 4.74 Å². The molecule has 0 spiro atoms.